The number of nitrogens with zero attached hydrogens (tertiary/aromatic N) is 3. The van der Waals surface area contributed by atoms with Crippen LogP contribution in [0.25, 0.3) is 33.3 Å². The molecule has 8 heteroatoms. The van der Waals surface area contributed by atoms with Crippen molar-refractivity contribution in [3.8, 4) is 17.2 Å². The minimum absolute atomic E-state index is 0.143. The maximum Gasteiger partial charge on any atom is 0.229 e. The Bertz CT molecular complexity index is 1380. The number of aromatic nitrogens is 3. The van der Waals surface area contributed by atoms with Crippen molar-refractivity contribution >= 4 is 33.6 Å². The number of methoxy groups -OCH3 is 1. The van der Waals surface area contributed by atoms with Crippen molar-refractivity contribution in [2.75, 3.05) is 19.4 Å². The zero-order chi connectivity index (χ0) is 22.7. The predicted molar refractivity (Wildman–Crippen MR) is 109 cm³/mol. The number of carbonyl (C=O) groups excluding carboxylic acids is 1. The van der Waals surface area contributed by atoms with E-state index >= 15 is 0 Å². The molecule has 0 bridgehead atoms. The molecule has 0 saturated heterocycles. The van der Waals surface area contributed by atoms with Crippen molar-refractivity contribution in [1.29, 1.82) is 0 Å². The highest BCUT2D eigenvalue weighted by molar-refractivity contribution is 6.01. The summed E-state index contributed by atoms with van der Waals surface area (Å²) in [5, 5.41) is 3.49. The number of hydrogen-bond acceptors (Lipinski definition) is 7. The molecule has 0 radical (unpaired) electrons. The van der Waals surface area contributed by atoms with E-state index in [9.17, 15) is 4.79 Å². The lowest BCUT2D eigenvalue weighted by atomic mass is 9.98. The summed E-state index contributed by atoms with van der Waals surface area (Å²) in [5.41, 5.74) is 7.05. The minimum Gasteiger partial charge on any atom is -0.497 e. The highest BCUT2D eigenvalue weighted by Crippen LogP contribution is 2.48. The molecular weight excluding hydrogens is 370 g/mol. The summed E-state index contributed by atoms with van der Waals surface area (Å²) in [6.45, 7) is -2.45. The Kier molecular flexibility index (Phi) is 3.05. The van der Waals surface area contributed by atoms with Crippen LogP contribution in [0.1, 0.15) is 22.6 Å². The van der Waals surface area contributed by atoms with Gasteiger partial charge in [0.15, 0.2) is 5.58 Å². The van der Waals surface area contributed by atoms with Gasteiger partial charge in [-0.25, -0.2) is 9.97 Å². The normalized spacial score (nSPS) is 16.8. The van der Waals surface area contributed by atoms with Crippen LogP contribution in [-0.4, -0.2) is 34.9 Å². The van der Waals surface area contributed by atoms with E-state index in [2.05, 4.69) is 20.3 Å². The monoisotopic (exact) mass is 392 g/mol. The van der Waals surface area contributed by atoms with Crippen LogP contribution in [0.5, 0.6) is 5.75 Å². The third kappa shape index (κ3) is 2.60. The third-order valence-corrected chi connectivity index (χ3v) is 5.43. The lowest BCUT2D eigenvalue weighted by molar-refractivity contribution is -0.120. The Morgan fingerprint density at radius 1 is 1.28 bits per heavy atom. The van der Waals surface area contributed by atoms with Gasteiger partial charge in [0.25, 0.3) is 0 Å². The second-order valence-corrected chi connectivity index (χ2v) is 7.06. The van der Waals surface area contributed by atoms with Gasteiger partial charge in [-0.2, -0.15) is 0 Å². The van der Waals surface area contributed by atoms with Crippen molar-refractivity contribution < 1.29 is 18.1 Å². The number of anilines is 1. The molecule has 4 aromatic rings. The Morgan fingerprint density at radius 3 is 2.86 bits per heavy atom. The summed E-state index contributed by atoms with van der Waals surface area (Å²) < 4.78 is 33.8. The molecule has 3 N–H and O–H groups in total. The molecular formula is C21H19N5O3. The number of amides is 1. The Morgan fingerprint density at radius 2 is 2.14 bits per heavy atom. The average molecular weight is 392 g/mol. The summed E-state index contributed by atoms with van der Waals surface area (Å²) >= 11 is 0. The summed E-state index contributed by atoms with van der Waals surface area (Å²) in [7, 11) is 1.57. The van der Waals surface area contributed by atoms with Gasteiger partial charge in [0.05, 0.1) is 23.8 Å². The van der Waals surface area contributed by atoms with Crippen molar-refractivity contribution in [2.45, 2.75) is 18.3 Å². The van der Waals surface area contributed by atoms with E-state index in [-0.39, 0.29) is 5.82 Å². The molecule has 1 aliphatic carbocycles. The summed E-state index contributed by atoms with van der Waals surface area (Å²) in [6, 6.07) is 7.01. The molecule has 1 aromatic carbocycles. The number of benzene rings is 1. The first-order valence-electron chi connectivity index (χ1n) is 10.5. The van der Waals surface area contributed by atoms with Crippen LogP contribution >= 0.6 is 0 Å². The molecule has 3 heterocycles. The third-order valence-electron chi connectivity index (χ3n) is 5.43. The molecule has 0 aliphatic heterocycles. The van der Waals surface area contributed by atoms with E-state index in [0.29, 0.717) is 57.6 Å². The Labute approximate surface area is 170 Å². The standard InChI is InChI=1S/C21H19N5O3/c1-23-18-13-9-24-17(21(5-6-21)20(22)27)8-12(13)14(10-25-18)19-26-15-7-11(28-2)3-4-16(15)29-19/h3-4,7-10H,5-6H2,1-2H3,(H2,22,27)(H,23,25)/i1D3. The van der Waals surface area contributed by atoms with Gasteiger partial charge in [-0.1, -0.05) is 0 Å². The second kappa shape index (κ2) is 6.16. The van der Waals surface area contributed by atoms with Gasteiger partial charge >= 0.3 is 0 Å². The molecule has 146 valence electrons. The number of nitrogens with one attached hydrogen (secondary N) is 1. The van der Waals surface area contributed by atoms with Crippen LogP contribution in [0.3, 0.4) is 0 Å². The number of fused-ring (bicyclic) bond motifs is 2. The fraction of sp³-hybridized carbons (Fsp3) is 0.238. The first-order valence-corrected chi connectivity index (χ1v) is 9.02. The van der Waals surface area contributed by atoms with Crippen LogP contribution in [0, 0.1) is 0 Å². The van der Waals surface area contributed by atoms with E-state index in [1.807, 2.05) is 0 Å². The van der Waals surface area contributed by atoms with Crippen molar-refractivity contribution in [1.82, 2.24) is 15.0 Å². The number of ether oxygens (including phenoxy) is 1. The highest BCUT2D eigenvalue weighted by Gasteiger charge is 2.51. The van der Waals surface area contributed by atoms with Crippen LogP contribution in [0.15, 0.2) is 41.1 Å². The number of carbonyl (C=O) groups is 1. The number of primary amides is 1. The topological polar surface area (TPSA) is 116 Å². The SMILES string of the molecule is [2H]C([2H])([2H])Nc1ncc(-c2nc3cc(OC)ccc3o2)c2cc(C3(C(N)=O)CC3)ncc12. The van der Waals surface area contributed by atoms with Crippen LogP contribution < -0.4 is 15.8 Å². The summed E-state index contributed by atoms with van der Waals surface area (Å²) in [6.07, 6.45) is 4.23. The maximum atomic E-state index is 12.0. The molecule has 1 saturated carbocycles. The van der Waals surface area contributed by atoms with E-state index in [4.69, 9.17) is 19.0 Å². The van der Waals surface area contributed by atoms with Gasteiger partial charge in [-0.3, -0.25) is 9.78 Å². The lowest BCUT2D eigenvalue weighted by Crippen LogP contribution is -2.29. The molecule has 1 amide bonds. The Hall–Kier alpha value is -3.68. The fourth-order valence-corrected chi connectivity index (χ4v) is 3.57. The largest absolute Gasteiger partial charge is 0.497 e. The van der Waals surface area contributed by atoms with E-state index < -0.39 is 18.3 Å². The fourth-order valence-electron chi connectivity index (χ4n) is 3.57. The molecule has 3 aromatic heterocycles. The second-order valence-electron chi connectivity index (χ2n) is 7.06. The number of hydrogen-bond donors (Lipinski definition) is 2. The number of oxazole rings is 1. The molecule has 0 unspecified atom stereocenters. The predicted octanol–water partition coefficient (Wildman–Crippen LogP) is 3.01. The van der Waals surface area contributed by atoms with E-state index in [1.54, 1.807) is 31.4 Å². The average Bonchev–Trinajstić information content (AvgIpc) is 3.46. The van der Waals surface area contributed by atoms with Gasteiger partial charge in [0.2, 0.25) is 11.8 Å². The van der Waals surface area contributed by atoms with Gasteiger partial charge in [0, 0.05) is 40.3 Å². The van der Waals surface area contributed by atoms with Crippen molar-refractivity contribution in [2.24, 2.45) is 5.73 Å². The molecule has 8 nitrogen and oxygen atoms in total. The quantitative estimate of drug-likeness (QED) is 0.536. The van der Waals surface area contributed by atoms with Crippen LogP contribution in [0.2, 0.25) is 0 Å². The minimum atomic E-state index is -2.45. The number of rotatable bonds is 5. The van der Waals surface area contributed by atoms with Crippen molar-refractivity contribution in [3.05, 3.63) is 42.4 Å². The van der Waals surface area contributed by atoms with Crippen LogP contribution in [-0.2, 0) is 10.2 Å². The highest BCUT2D eigenvalue weighted by atomic mass is 16.5. The van der Waals surface area contributed by atoms with E-state index in [1.165, 1.54) is 12.4 Å². The maximum absolute atomic E-state index is 12.0. The van der Waals surface area contributed by atoms with Gasteiger partial charge in [-0.05, 0) is 31.0 Å². The molecule has 1 aliphatic rings. The molecule has 0 atom stereocenters. The van der Waals surface area contributed by atoms with Gasteiger partial charge in [-0.15, -0.1) is 0 Å². The zero-order valence-electron chi connectivity index (χ0n) is 18.5. The first-order chi connectivity index (χ1) is 15.2. The van der Waals surface area contributed by atoms with Crippen molar-refractivity contribution in [3.63, 3.8) is 0 Å². The summed E-state index contributed by atoms with van der Waals surface area (Å²) in [4.78, 5) is 25.3. The number of pyridine rings is 2. The number of nitrogens with two attached hydrogens (primary N) is 1. The van der Waals surface area contributed by atoms with Crippen LogP contribution in [0.4, 0.5) is 5.82 Å². The Balaban J connectivity index is 1.73. The molecule has 0 spiro atoms. The smallest absolute Gasteiger partial charge is 0.229 e. The first kappa shape index (κ1) is 14.3. The van der Waals surface area contributed by atoms with Gasteiger partial charge in [0.1, 0.15) is 17.1 Å². The molecule has 1 fully saturated rings. The molecule has 5 rings (SSSR count). The van der Waals surface area contributed by atoms with Gasteiger partial charge < -0.3 is 20.2 Å². The zero-order valence-corrected chi connectivity index (χ0v) is 15.5. The summed E-state index contributed by atoms with van der Waals surface area (Å²) in [5.74, 6) is 0.646. The van der Waals surface area contributed by atoms with E-state index in [0.717, 1.165) is 0 Å². The molecule has 29 heavy (non-hydrogen) atoms. The lowest BCUT2D eigenvalue weighted by Gasteiger charge is -2.13.